The zero-order chi connectivity index (χ0) is 14.4. The van der Waals surface area contributed by atoms with Gasteiger partial charge in [-0.1, -0.05) is 0 Å². The van der Waals surface area contributed by atoms with Crippen molar-refractivity contribution in [3.05, 3.63) is 18.7 Å². The van der Waals surface area contributed by atoms with Crippen molar-refractivity contribution < 1.29 is 14.7 Å². The molecule has 0 unspecified atom stereocenters. The number of imidazole rings is 1. The normalized spacial score (nSPS) is 16.9. The predicted octanol–water partition coefficient (Wildman–Crippen LogP) is -0.108. The number of hydrogen-bond donors (Lipinski definition) is 1. The van der Waals surface area contributed by atoms with Crippen molar-refractivity contribution >= 4 is 11.9 Å². The van der Waals surface area contributed by atoms with Crippen LogP contribution in [0, 0.1) is 0 Å². The number of amides is 1. The lowest BCUT2D eigenvalue weighted by Gasteiger charge is -2.21. The third-order valence-electron chi connectivity index (χ3n) is 3.44. The van der Waals surface area contributed by atoms with Crippen molar-refractivity contribution in [3.8, 4) is 0 Å². The monoisotopic (exact) mass is 280 g/mol. The first-order valence-electron chi connectivity index (χ1n) is 6.83. The molecule has 7 nitrogen and oxygen atoms in total. The summed E-state index contributed by atoms with van der Waals surface area (Å²) in [7, 11) is 0. The maximum atomic E-state index is 12.1. The number of carbonyl (C=O) groups is 2. The number of nitrogens with zero attached hydrogens (tertiary/aromatic N) is 4. The molecule has 1 saturated heterocycles. The van der Waals surface area contributed by atoms with Gasteiger partial charge >= 0.3 is 5.97 Å². The molecule has 0 atom stereocenters. The van der Waals surface area contributed by atoms with Crippen molar-refractivity contribution in [2.75, 3.05) is 32.7 Å². The van der Waals surface area contributed by atoms with Gasteiger partial charge in [0.2, 0.25) is 5.91 Å². The molecule has 0 aromatic carbocycles. The highest BCUT2D eigenvalue weighted by Gasteiger charge is 2.19. The lowest BCUT2D eigenvalue weighted by atomic mass is 10.3. The van der Waals surface area contributed by atoms with Crippen molar-refractivity contribution in [1.29, 1.82) is 0 Å². The first-order valence-corrected chi connectivity index (χ1v) is 6.83. The molecular weight excluding hydrogens is 260 g/mol. The second kappa shape index (κ2) is 7.04. The molecule has 2 heterocycles. The van der Waals surface area contributed by atoms with E-state index in [9.17, 15) is 9.59 Å². The standard InChI is InChI=1S/C13H20N4O3/c18-12(2-6-16-7-3-14-11-16)17-5-1-4-15(8-9-17)10-13(19)20/h3,7,11H,1-2,4-6,8-10H2,(H,19,20). The van der Waals surface area contributed by atoms with Crippen LogP contribution in [0.5, 0.6) is 0 Å². The fraction of sp³-hybridized carbons (Fsp3) is 0.615. The largest absolute Gasteiger partial charge is 0.480 e. The molecule has 1 aliphatic rings. The third kappa shape index (κ3) is 4.34. The van der Waals surface area contributed by atoms with Gasteiger partial charge in [-0.15, -0.1) is 0 Å². The predicted molar refractivity (Wildman–Crippen MR) is 72.1 cm³/mol. The quantitative estimate of drug-likeness (QED) is 0.814. The van der Waals surface area contributed by atoms with Crippen LogP contribution in [0.15, 0.2) is 18.7 Å². The number of aromatic nitrogens is 2. The maximum absolute atomic E-state index is 12.1. The molecule has 1 fully saturated rings. The van der Waals surface area contributed by atoms with Crippen molar-refractivity contribution in [2.45, 2.75) is 19.4 Å². The minimum atomic E-state index is -0.815. The van der Waals surface area contributed by atoms with E-state index in [1.54, 1.807) is 12.5 Å². The van der Waals surface area contributed by atoms with Gasteiger partial charge in [0, 0.05) is 51.5 Å². The molecule has 0 radical (unpaired) electrons. The van der Waals surface area contributed by atoms with E-state index in [4.69, 9.17) is 5.11 Å². The first-order chi connectivity index (χ1) is 9.65. The van der Waals surface area contributed by atoms with Crippen molar-refractivity contribution in [3.63, 3.8) is 0 Å². The molecule has 1 amide bonds. The number of carbonyl (C=O) groups excluding carboxylic acids is 1. The Morgan fingerprint density at radius 2 is 2.05 bits per heavy atom. The highest BCUT2D eigenvalue weighted by Crippen LogP contribution is 2.05. The lowest BCUT2D eigenvalue weighted by molar-refractivity contribution is -0.138. The maximum Gasteiger partial charge on any atom is 0.317 e. The van der Waals surface area contributed by atoms with Gasteiger partial charge < -0.3 is 14.6 Å². The molecule has 20 heavy (non-hydrogen) atoms. The fourth-order valence-corrected chi connectivity index (χ4v) is 2.37. The van der Waals surface area contributed by atoms with Crippen molar-refractivity contribution in [2.24, 2.45) is 0 Å². The number of carboxylic acid groups (broad SMARTS) is 1. The van der Waals surface area contributed by atoms with Crippen LogP contribution < -0.4 is 0 Å². The minimum Gasteiger partial charge on any atom is -0.480 e. The Labute approximate surface area is 117 Å². The summed E-state index contributed by atoms with van der Waals surface area (Å²) in [6, 6.07) is 0. The van der Waals surface area contributed by atoms with Gasteiger partial charge in [-0.05, 0) is 6.42 Å². The first kappa shape index (κ1) is 14.5. The Kier molecular flexibility index (Phi) is 5.11. The van der Waals surface area contributed by atoms with Crippen LogP contribution in [0.1, 0.15) is 12.8 Å². The van der Waals surface area contributed by atoms with Gasteiger partial charge in [-0.3, -0.25) is 14.5 Å². The molecular formula is C13H20N4O3. The summed E-state index contributed by atoms with van der Waals surface area (Å²) >= 11 is 0. The highest BCUT2D eigenvalue weighted by atomic mass is 16.4. The highest BCUT2D eigenvalue weighted by molar-refractivity contribution is 5.76. The third-order valence-corrected chi connectivity index (χ3v) is 3.44. The number of carboxylic acids is 1. The molecule has 0 saturated carbocycles. The Balaban J connectivity index is 1.77. The van der Waals surface area contributed by atoms with Gasteiger partial charge in [-0.2, -0.15) is 0 Å². The molecule has 0 bridgehead atoms. The van der Waals surface area contributed by atoms with Gasteiger partial charge in [0.1, 0.15) is 0 Å². The van der Waals surface area contributed by atoms with E-state index in [2.05, 4.69) is 4.98 Å². The van der Waals surface area contributed by atoms with E-state index in [1.165, 1.54) is 0 Å². The topological polar surface area (TPSA) is 78.7 Å². The van der Waals surface area contributed by atoms with Crippen LogP contribution in [0.3, 0.4) is 0 Å². The van der Waals surface area contributed by atoms with E-state index >= 15 is 0 Å². The Bertz CT molecular complexity index is 446. The van der Waals surface area contributed by atoms with Crippen LogP contribution in [-0.2, 0) is 16.1 Å². The number of hydrogen-bond acceptors (Lipinski definition) is 4. The van der Waals surface area contributed by atoms with Gasteiger partial charge in [-0.25, -0.2) is 4.98 Å². The second-order valence-electron chi connectivity index (χ2n) is 4.95. The van der Waals surface area contributed by atoms with Crippen LogP contribution in [0.4, 0.5) is 0 Å². The van der Waals surface area contributed by atoms with E-state index in [0.29, 0.717) is 32.6 Å². The molecule has 7 heteroatoms. The minimum absolute atomic E-state index is 0.0526. The molecule has 110 valence electrons. The SMILES string of the molecule is O=C(O)CN1CCCN(C(=O)CCn2ccnc2)CC1. The number of aliphatic carboxylic acids is 1. The van der Waals surface area contributed by atoms with Crippen LogP contribution in [-0.4, -0.2) is 69.1 Å². The van der Waals surface area contributed by atoms with E-state index < -0.39 is 5.97 Å². The molecule has 1 aromatic rings. The summed E-state index contributed by atoms with van der Waals surface area (Å²) in [6.07, 6.45) is 6.51. The average molecular weight is 280 g/mol. The lowest BCUT2D eigenvalue weighted by Crippen LogP contribution is -2.36. The van der Waals surface area contributed by atoms with Crippen LogP contribution in [0.25, 0.3) is 0 Å². The molecule has 2 rings (SSSR count). The van der Waals surface area contributed by atoms with Gasteiger partial charge in [0.05, 0.1) is 12.9 Å². The van der Waals surface area contributed by atoms with Gasteiger partial charge in [0.25, 0.3) is 0 Å². The molecule has 1 N–H and O–H groups in total. The Morgan fingerprint density at radius 1 is 1.20 bits per heavy atom. The summed E-state index contributed by atoms with van der Waals surface area (Å²) in [5.74, 6) is -0.694. The summed E-state index contributed by atoms with van der Waals surface area (Å²) in [5, 5.41) is 8.79. The smallest absolute Gasteiger partial charge is 0.317 e. The zero-order valence-electron chi connectivity index (χ0n) is 11.4. The van der Waals surface area contributed by atoms with Crippen molar-refractivity contribution in [1.82, 2.24) is 19.4 Å². The summed E-state index contributed by atoms with van der Waals surface area (Å²) in [6.45, 7) is 3.36. The average Bonchev–Trinajstić information content (AvgIpc) is 2.82. The second-order valence-corrected chi connectivity index (χ2v) is 4.95. The van der Waals surface area contributed by atoms with E-state index in [0.717, 1.165) is 13.0 Å². The number of rotatable bonds is 5. The fourth-order valence-electron chi connectivity index (χ4n) is 2.37. The zero-order valence-corrected chi connectivity index (χ0v) is 11.4. The summed E-state index contributed by atoms with van der Waals surface area (Å²) in [5.41, 5.74) is 0. The molecule has 1 aromatic heterocycles. The van der Waals surface area contributed by atoms with E-state index in [-0.39, 0.29) is 12.5 Å². The number of aryl methyl sites for hydroxylation is 1. The Morgan fingerprint density at radius 3 is 2.75 bits per heavy atom. The van der Waals surface area contributed by atoms with E-state index in [1.807, 2.05) is 20.6 Å². The van der Waals surface area contributed by atoms with Gasteiger partial charge in [0.15, 0.2) is 0 Å². The Hall–Kier alpha value is -1.89. The van der Waals surface area contributed by atoms with Crippen LogP contribution >= 0.6 is 0 Å². The summed E-state index contributed by atoms with van der Waals surface area (Å²) < 4.78 is 1.88. The molecule has 1 aliphatic heterocycles. The molecule has 0 aliphatic carbocycles. The van der Waals surface area contributed by atoms with Crippen LogP contribution in [0.2, 0.25) is 0 Å². The summed E-state index contributed by atoms with van der Waals surface area (Å²) in [4.78, 5) is 30.5. The molecule has 0 spiro atoms.